The summed E-state index contributed by atoms with van der Waals surface area (Å²) in [6, 6.07) is 21.8. The summed E-state index contributed by atoms with van der Waals surface area (Å²) in [6.45, 7) is 3.19. The first kappa shape index (κ1) is 25.6. The fraction of sp³-hybridized carbons (Fsp3) is 0.333. The molecule has 2 aliphatic heterocycles. The van der Waals surface area contributed by atoms with E-state index in [4.69, 9.17) is 4.74 Å². The second kappa shape index (κ2) is 11.1. The van der Waals surface area contributed by atoms with Crippen molar-refractivity contribution in [2.45, 2.75) is 44.5 Å². The molecule has 1 atom stereocenters. The van der Waals surface area contributed by atoms with E-state index in [1.807, 2.05) is 78.6 Å². The lowest BCUT2D eigenvalue weighted by molar-refractivity contribution is -0.143. The monoisotopic (exact) mass is 512 g/mol. The molecule has 1 aromatic heterocycles. The molecule has 1 unspecified atom stereocenters. The molecule has 2 aromatic carbocycles. The van der Waals surface area contributed by atoms with E-state index in [9.17, 15) is 14.4 Å². The van der Waals surface area contributed by atoms with Crippen molar-refractivity contribution < 1.29 is 19.1 Å². The molecule has 5 rings (SSSR count). The molecule has 2 fully saturated rings. The number of amides is 3. The van der Waals surface area contributed by atoms with E-state index in [-0.39, 0.29) is 30.9 Å². The summed E-state index contributed by atoms with van der Waals surface area (Å²) in [7, 11) is 0. The van der Waals surface area contributed by atoms with Crippen molar-refractivity contribution in [3.8, 4) is 0 Å². The molecule has 0 radical (unpaired) electrons. The first-order valence-electron chi connectivity index (χ1n) is 13.0. The molecule has 8 heteroatoms. The molecule has 0 bridgehead atoms. The van der Waals surface area contributed by atoms with Gasteiger partial charge in [0.25, 0.3) is 5.91 Å². The van der Waals surface area contributed by atoms with Crippen LogP contribution in [-0.2, 0) is 27.3 Å². The first-order chi connectivity index (χ1) is 18.4. The van der Waals surface area contributed by atoms with Crippen LogP contribution in [0.25, 0.3) is 0 Å². The number of likely N-dealkylation sites (tertiary alicyclic amines) is 1. The number of aryl methyl sites for hydroxylation is 1. The number of rotatable bonds is 6. The van der Waals surface area contributed by atoms with Gasteiger partial charge in [0.1, 0.15) is 11.8 Å². The quantitative estimate of drug-likeness (QED) is 0.548. The van der Waals surface area contributed by atoms with Gasteiger partial charge in [-0.2, -0.15) is 0 Å². The van der Waals surface area contributed by atoms with Crippen molar-refractivity contribution in [2.75, 3.05) is 19.7 Å². The highest BCUT2D eigenvalue weighted by atomic mass is 16.5. The number of ether oxygens (including phenoxy) is 1. The Morgan fingerprint density at radius 3 is 2.47 bits per heavy atom. The third-order valence-electron chi connectivity index (χ3n) is 7.31. The van der Waals surface area contributed by atoms with E-state index in [0.29, 0.717) is 37.9 Å². The topological polar surface area (TPSA) is 91.8 Å². The standard InChI is InChI=1S/C30H32N4O4/c1-22-8-7-11-24(18-22)29(37)34-26(28(36)32-20-25-12-5-6-15-31-25)21-38-30(34)13-16-33(17-14-30)27(35)19-23-9-3-2-4-10-23/h2-12,15,18,26H,13-14,16-17,19-21H2,1H3,(H,32,36). The highest BCUT2D eigenvalue weighted by molar-refractivity contribution is 5.98. The molecular formula is C30H32N4O4. The number of pyridine rings is 1. The summed E-state index contributed by atoms with van der Waals surface area (Å²) in [5.74, 6) is -0.477. The maximum absolute atomic E-state index is 13.9. The van der Waals surface area contributed by atoms with Crippen LogP contribution in [0.3, 0.4) is 0 Å². The van der Waals surface area contributed by atoms with Gasteiger partial charge in [-0.15, -0.1) is 0 Å². The molecule has 0 saturated carbocycles. The van der Waals surface area contributed by atoms with E-state index in [1.54, 1.807) is 17.2 Å². The maximum Gasteiger partial charge on any atom is 0.256 e. The zero-order valence-corrected chi connectivity index (χ0v) is 21.5. The lowest BCUT2D eigenvalue weighted by atomic mass is 9.96. The number of nitrogens with zero attached hydrogens (tertiary/aromatic N) is 3. The van der Waals surface area contributed by atoms with Gasteiger partial charge in [-0.25, -0.2) is 0 Å². The Labute approximate surface area is 222 Å². The molecule has 2 aliphatic rings. The van der Waals surface area contributed by atoms with Gasteiger partial charge in [0.15, 0.2) is 0 Å². The van der Waals surface area contributed by atoms with Gasteiger partial charge in [-0.3, -0.25) is 24.3 Å². The molecule has 196 valence electrons. The molecule has 3 heterocycles. The number of nitrogens with one attached hydrogen (secondary N) is 1. The Bertz CT molecular complexity index is 1290. The highest BCUT2D eigenvalue weighted by Crippen LogP contribution is 2.38. The van der Waals surface area contributed by atoms with Crippen molar-refractivity contribution >= 4 is 17.7 Å². The Hall–Kier alpha value is -4.04. The van der Waals surface area contributed by atoms with Crippen LogP contribution in [0, 0.1) is 6.92 Å². The minimum atomic E-state index is -0.947. The van der Waals surface area contributed by atoms with Gasteiger partial charge in [0.2, 0.25) is 11.8 Å². The SMILES string of the molecule is Cc1cccc(C(=O)N2C(C(=O)NCc3ccccn3)COC23CCN(C(=O)Cc2ccccc2)CC3)c1. The van der Waals surface area contributed by atoms with Gasteiger partial charge in [-0.05, 0) is 36.8 Å². The molecule has 2 saturated heterocycles. The van der Waals surface area contributed by atoms with Gasteiger partial charge in [0, 0.05) is 37.7 Å². The molecule has 1 spiro atoms. The summed E-state index contributed by atoms with van der Waals surface area (Å²) in [5, 5.41) is 2.93. The van der Waals surface area contributed by atoms with Crippen LogP contribution in [0.15, 0.2) is 79.0 Å². The normalized spacial score (nSPS) is 18.4. The van der Waals surface area contributed by atoms with Crippen molar-refractivity contribution in [2.24, 2.45) is 0 Å². The number of benzene rings is 2. The summed E-state index contributed by atoms with van der Waals surface area (Å²) >= 11 is 0. The molecule has 1 N–H and O–H groups in total. The summed E-state index contributed by atoms with van der Waals surface area (Å²) in [6.07, 6.45) is 2.89. The van der Waals surface area contributed by atoms with Crippen molar-refractivity contribution in [3.63, 3.8) is 0 Å². The lowest BCUT2D eigenvalue weighted by Crippen LogP contribution is -2.59. The van der Waals surface area contributed by atoms with E-state index >= 15 is 0 Å². The minimum absolute atomic E-state index is 0.0465. The zero-order valence-electron chi connectivity index (χ0n) is 21.5. The highest BCUT2D eigenvalue weighted by Gasteiger charge is 2.54. The predicted molar refractivity (Wildman–Crippen MR) is 142 cm³/mol. The fourth-order valence-electron chi connectivity index (χ4n) is 5.27. The third-order valence-corrected chi connectivity index (χ3v) is 7.31. The smallest absolute Gasteiger partial charge is 0.256 e. The van der Waals surface area contributed by atoms with Crippen LogP contribution in [-0.4, -0.2) is 64.0 Å². The molecule has 38 heavy (non-hydrogen) atoms. The lowest BCUT2D eigenvalue weighted by Gasteiger charge is -2.44. The number of hydrogen-bond acceptors (Lipinski definition) is 5. The van der Waals surface area contributed by atoms with E-state index in [0.717, 1.165) is 16.8 Å². The molecule has 8 nitrogen and oxygen atoms in total. The molecular weight excluding hydrogens is 480 g/mol. The Morgan fingerprint density at radius 1 is 1.00 bits per heavy atom. The molecule has 0 aliphatic carbocycles. The second-order valence-electron chi connectivity index (χ2n) is 9.90. The Balaban J connectivity index is 1.33. The van der Waals surface area contributed by atoms with Gasteiger partial charge < -0.3 is 15.0 Å². The number of carbonyl (C=O) groups is 3. The Kier molecular flexibility index (Phi) is 7.51. The van der Waals surface area contributed by atoms with Gasteiger partial charge >= 0.3 is 0 Å². The minimum Gasteiger partial charge on any atom is -0.353 e. The van der Waals surface area contributed by atoms with Crippen molar-refractivity contribution in [1.82, 2.24) is 20.1 Å². The number of aromatic nitrogens is 1. The van der Waals surface area contributed by atoms with Gasteiger partial charge in [0.05, 0.1) is 25.3 Å². The average Bonchev–Trinajstić information content (AvgIpc) is 3.31. The van der Waals surface area contributed by atoms with Gasteiger partial charge in [-0.1, -0.05) is 54.1 Å². The molecule has 3 aromatic rings. The van der Waals surface area contributed by atoms with Crippen LogP contribution in [0.2, 0.25) is 0 Å². The third kappa shape index (κ3) is 5.45. The number of hydrogen-bond donors (Lipinski definition) is 1. The fourth-order valence-corrected chi connectivity index (χ4v) is 5.27. The zero-order chi connectivity index (χ0) is 26.5. The van der Waals surface area contributed by atoms with Crippen LogP contribution in [0.5, 0.6) is 0 Å². The second-order valence-corrected chi connectivity index (χ2v) is 9.90. The average molecular weight is 513 g/mol. The van der Waals surface area contributed by atoms with Crippen molar-refractivity contribution in [1.29, 1.82) is 0 Å². The van der Waals surface area contributed by atoms with E-state index < -0.39 is 11.8 Å². The van der Waals surface area contributed by atoms with Crippen LogP contribution in [0.1, 0.15) is 40.0 Å². The summed E-state index contributed by atoms with van der Waals surface area (Å²) in [4.78, 5) is 47.9. The van der Waals surface area contributed by atoms with Crippen LogP contribution in [0.4, 0.5) is 0 Å². The van der Waals surface area contributed by atoms with E-state index in [1.165, 1.54) is 0 Å². The molecule has 3 amide bonds. The maximum atomic E-state index is 13.9. The predicted octanol–water partition coefficient (Wildman–Crippen LogP) is 3.11. The Morgan fingerprint density at radius 2 is 1.76 bits per heavy atom. The first-order valence-corrected chi connectivity index (χ1v) is 13.0. The van der Waals surface area contributed by atoms with E-state index in [2.05, 4.69) is 10.3 Å². The van der Waals surface area contributed by atoms with Crippen molar-refractivity contribution in [3.05, 3.63) is 101 Å². The van der Waals surface area contributed by atoms with Crippen LogP contribution < -0.4 is 5.32 Å². The number of carbonyl (C=O) groups excluding carboxylic acids is 3. The largest absolute Gasteiger partial charge is 0.353 e. The number of piperidine rings is 1. The summed E-state index contributed by atoms with van der Waals surface area (Å²) in [5.41, 5.74) is 2.23. The van der Waals surface area contributed by atoms with Crippen LogP contribution >= 0.6 is 0 Å². The summed E-state index contributed by atoms with van der Waals surface area (Å²) < 4.78 is 6.29.